The standard InChI is InChI=1S/C15H15ClO3/c1-10(18)14-7-6-13(8-15(14)16)19-12-4-2-11(9-17)3-5-12/h2-8,10,17-18H,9H2,1H3. The van der Waals surface area contributed by atoms with Gasteiger partial charge in [0.25, 0.3) is 0 Å². The van der Waals surface area contributed by atoms with Crippen molar-refractivity contribution in [1.29, 1.82) is 0 Å². The molecule has 0 heterocycles. The average molecular weight is 279 g/mol. The number of ether oxygens (including phenoxy) is 1. The summed E-state index contributed by atoms with van der Waals surface area (Å²) in [6.45, 7) is 1.67. The Morgan fingerprint density at radius 3 is 2.26 bits per heavy atom. The molecule has 3 nitrogen and oxygen atoms in total. The van der Waals surface area contributed by atoms with Gasteiger partial charge in [0.2, 0.25) is 0 Å². The number of benzene rings is 2. The first-order valence-corrected chi connectivity index (χ1v) is 6.33. The van der Waals surface area contributed by atoms with E-state index < -0.39 is 6.10 Å². The van der Waals surface area contributed by atoms with E-state index in [9.17, 15) is 5.11 Å². The molecule has 0 saturated carbocycles. The minimum Gasteiger partial charge on any atom is -0.457 e. The Morgan fingerprint density at radius 1 is 1.11 bits per heavy atom. The third-order valence-corrected chi connectivity index (χ3v) is 3.09. The Morgan fingerprint density at radius 2 is 1.74 bits per heavy atom. The fourth-order valence-electron chi connectivity index (χ4n) is 1.71. The summed E-state index contributed by atoms with van der Waals surface area (Å²) in [6, 6.07) is 12.3. The summed E-state index contributed by atoms with van der Waals surface area (Å²) in [7, 11) is 0. The molecule has 0 aliphatic heterocycles. The van der Waals surface area contributed by atoms with Crippen molar-refractivity contribution < 1.29 is 14.9 Å². The molecule has 0 fully saturated rings. The van der Waals surface area contributed by atoms with Crippen LogP contribution in [0.15, 0.2) is 42.5 Å². The van der Waals surface area contributed by atoms with E-state index in [1.54, 1.807) is 49.4 Å². The number of halogens is 1. The normalized spacial score (nSPS) is 12.2. The van der Waals surface area contributed by atoms with Crippen LogP contribution in [-0.2, 0) is 6.61 Å². The Hall–Kier alpha value is -1.55. The number of hydrogen-bond acceptors (Lipinski definition) is 3. The maximum atomic E-state index is 9.49. The van der Waals surface area contributed by atoms with Gasteiger partial charge in [-0.15, -0.1) is 0 Å². The monoisotopic (exact) mass is 278 g/mol. The highest BCUT2D eigenvalue weighted by atomic mass is 35.5. The van der Waals surface area contributed by atoms with Crippen LogP contribution in [0.4, 0.5) is 0 Å². The van der Waals surface area contributed by atoms with Crippen molar-refractivity contribution in [2.75, 3.05) is 0 Å². The van der Waals surface area contributed by atoms with Crippen LogP contribution >= 0.6 is 11.6 Å². The zero-order valence-electron chi connectivity index (χ0n) is 10.5. The highest BCUT2D eigenvalue weighted by Crippen LogP contribution is 2.29. The first-order valence-electron chi connectivity index (χ1n) is 5.95. The van der Waals surface area contributed by atoms with Gasteiger partial charge in [-0.1, -0.05) is 29.8 Å². The lowest BCUT2D eigenvalue weighted by Gasteiger charge is -2.10. The SMILES string of the molecule is CC(O)c1ccc(Oc2ccc(CO)cc2)cc1Cl. The molecule has 4 heteroatoms. The molecule has 0 radical (unpaired) electrons. The first kappa shape index (κ1) is 13.9. The third-order valence-electron chi connectivity index (χ3n) is 2.76. The molecule has 2 aromatic rings. The van der Waals surface area contributed by atoms with Crippen LogP contribution in [0.3, 0.4) is 0 Å². The van der Waals surface area contributed by atoms with E-state index >= 15 is 0 Å². The lowest BCUT2D eigenvalue weighted by Crippen LogP contribution is -1.93. The van der Waals surface area contributed by atoms with Crippen LogP contribution in [-0.4, -0.2) is 10.2 Å². The molecular weight excluding hydrogens is 264 g/mol. The Bertz CT molecular complexity index is 550. The van der Waals surface area contributed by atoms with E-state index in [4.69, 9.17) is 21.4 Å². The molecule has 2 N–H and O–H groups in total. The molecule has 19 heavy (non-hydrogen) atoms. The van der Waals surface area contributed by atoms with Crippen LogP contribution in [0, 0.1) is 0 Å². The van der Waals surface area contributed by atoms with Gasteiger partial charge in [-0.25, -0.2) is 0 Å². The molecular formula is C15H15ClO3. The minimum atomic E-state index is -0.606. The lowest BCUT2D eigenvalue weighted by atomic mass is 10.1. The summed E-state index contributed by atoms with van der Waals surface area (Å²) in [5.41, 5.74) is 1.50. The maximum Gasteiger partial charge on any atom is 0.128 e. The van der Waals surface area contributed by atoms with E-state index in [1.807, 2.05) is 0 Å². The van der Waals surface area contributed by atoms with Crippen molar-refractivity contribution >= 4 is 11.6 Å². The summed E-state index contributed by atoms with van der Waals surface area (Å²) in [4.78, 5) is 0. The second kappa shape index (κ2) is 6.06. The number of aliphatic hydroxyl groups excluding tert-OH is 2. The quantitative estimate of drug-likeness (QED) is 0.897. The van der Waals surface area contributed by atoms with Crippen LogP contribution < -0.4 is 4.74 Å². The van der Waals surface area contributed by atoms with Crippen LogP contribution in [0.5, 0.6) is 11.5 Å². The van der Waals surface area contributed by atoms with Gasteiger partial charge in [-0.2, -0.15) is 0 Å². The highest BCUT2D eigenvalue weighted by molar-refractivity contribution is 6.31. The number of rotatable bonds is 4. The first-order chi connectivity index (χ1) is 9.10. The van der Waals surface area contributed by atoms with Crippen molar-refractivity contribution in [1.82, 2.24) is 0 Å². The van der Waals surface area contributed by atoms with Crippen molar-refractivity contribution in [2.24, 2.45) is 0 Å². The van der Waals surface area contributed by atoms with Crippen molar-refractivity contribution in [3.63, 3.8) is 0 Å². The fourth-order valence-corrected chi connectivity index (χ4v) is 2.04. The van der Waals surface area contributed by atoms with Crippen LogP contribution in [0.1, 0.15) is 24.2 Å². The van der Waals surface area contributed by atoms with Crippen LogP contribution in [0.25, 0.3) is 0 Å². The lowest BCUT2D eigenvalue weighted by molar-refractivity contribution is 0.199. The van der Waals surface area contributed by atoms with Gasteiger partial charge in [0.1, 0.15) is 11.5 Å². The predicted octanol–water partition coefficient (Wildman–Crippen LogP) is 3.68. The van der Waals surface area contributed by atoms with E-state index in [0.29, 0.717) is 22.1 Å². The van der Waals surface area contributed by atoms with E-state index in [-0.39, 0.29) is 6.61 Å². The molecule has 2 rings (SSSR count). The smallest absolute Gasteiger partial charge is 0.128 e. The molecule has 0 saturated heterocycles. The number of hydrogen-bond donors (Lipinski definition) is 2. The number of aliphatic hydroxyl groups is 2. The molecule has 0 bridgehead atoms. The van der Waals surface area contributed by atoms with E-state index in [1.165, 1.54) is 0 Å². The molecule has 0 aromatic heterocycles. The summed E-state index contributed by atoms with van der Waals surface area (Å²) < 4.78 is 5.65. The topological polar surface area (TPSA) is 49.7 Å². The molecule has 0 aliphatic carbocycles. The Labute approximate surface area is 117 Å². The minimum absolute atomic E-state index is 0.00912. The Kier molecular flexibility index (Phi) is 4.43. The summed E-state index contributed by atoms with van der Waals surface area (Å²) in [5, 5.41) is 18.9. The molecule has 0 amide bonds. The molecule has 2 aromatic carbocycles. The molecule has 1 atom stereocenters. The summed E-state index contributed by atoms with van der Waals surface area (Å²) in [5.74, 6) is 1.27. The predicted molar refractivity (Wildman–Crippen MR) is 74.5 cm³/mol. The van der Waals surface area contributed by atoms with Gasteiger partial charge < -0.3 is 14.9 Å². The van der Waals surface area contributed by atoms with Gasteiger partial charge in [0.05, 0.1) is 17.7 Å². The van der Waals surface area contributed by atoms with Crippen LogP contribution in [0.2, 0.25) is 5.02 Å². The Balaban J connectivity index is 2.16. The summed E-state index contributed by atoms with van der Waals surface area (Å²) in [6.07, 6.45) is -0.606. The van der Waals surface area contributed by atoms with E-state index in [0.717, 1.165) is 5.56 Å². The van der Waals surface area contributed by atoms with Gasteiger partial charge in [-0.05, 0) is 42.3 Å². The average Bonchev–Trinajstić information content (AvgIpc) is 2.39. The van der Waals surface area contributed by atoms with Crippen molar-refractivity contribution in [2.45, 2.75) is 19.6 Å². The fraction of sp³-hybridized carbons (Fsp3) is 0.200. The van der Waals surface area contributed by atoms with Gasteiger partial charge in [0, 0.05) is 0 Å². The second-order valence-corrected chi connectivity index (χ2v) is 4.67. The maximum absolute atomic E-state index is 9.49. The molecule has 100 valence electrons. The van der Waals surface area contributed by atoms with Gasteiger partial charge in [-0.3, -0.25) is 0 Å². The van der Waals surface area contributed by atoms with Crippen molar-refractivity contribution in [3.8, 4) is 11.5 Å². The molecule has 1 unspecified atom stereocenters. The van der Waals surface area contributed by atoms with Gasteiger partial charge in [0.15, 0.2) is 0 Å². The molecule has 0 aliphatic rings. The van der Waals surface area contributed by atoms with Gasteiger partial charge >= 0.3 is 0 Å². The zero-order valence-corrected chi connectivity index (χ0v) is 11.3. The third kappa shape index (κ3) is 3.47. The van der Waals surface area contributed by atoms with Crippen molar-refractivity contribution in [3.05, 3.63) is 58.6 Å². The largest absolute Gasteiger partial charge is 0.457 e. The molecule has 0 spiro atoms. The zero-order chi connectivity index (χ0) is 13.8. The second-order valence-electron chi connectivity index (χ2n) is 4.26. The highest BCUT2D eigenvalue weighted by Gasteiger charge is 2.08. The van der Waals surface area contributed by atoms with E-state index in [2.05, 4.69) is 0 Å². The summed E-state index contributed by atoms with van der Waals surface area (Å²) >= 11 is 6.07.